The molecule has 4 aliphatic rings. The fourth-order valence-electron chi connectivity index (χ4n) is 3.67. The lowest BCUT2D eigenvalue weighted by Crippen LogP contribution is -2.37. The Morgan fingerprint density at radius 3 is 2.86 bits per heavy atom. The number of allylic oxidation sites excluding steroid dienone is 6. The largest absolute Gasteiger partial charge is 0.379 e. The van der Waals surface area contributed by atoms with Crippen molar-refractivity contribution in [3.05, 3.63) is 36.0 Å². The van der Waals surface area contributed by atoms with E-state index in [1.165, 1.54) is 37.1 Å². The van der Waals surface area contributed by atoms with Crippen LogP contribution in [0.25, 0.3) is 0 Å². The van der Waals surface area contributed by atoms with E-state index >= 15 is 0 Å². The summed E-state index contributed by atoms with van der Waals surface area (Å²) < 4.78 is 5.41. The summed E-state index contributed by atoms with van der Waals surface area (Å²) in [5, 5.41) is 8.67. The molecule has 0 radical (unpaired) electrons. The molecule has 116 valence electrons. The predicted molar refractivity (Wildman–Crippen MR) is 89.3 cm³/mol. The highest BCUT2D eigenvalue weighted by molar-refractivity contribution is 6.32. The number of ether oxygens (including phenoxy) is 1. The Labute approximate surface area is 131 Å². The van der Waals surface area contributed by atoms with Gasteiger partial charge in [0, 0.05) is 24.6 Å². The molecule has 2 atom stereocenters. The third-order valence-electron chi connectivity index (χ3n) is 5.07. The first-order valence-corrected chi connectivity index (χ1v) is 8.43. The number of nitrogens with zero attached hydrogens (tertiary/aromatic N) is 3. The van der Waals surface area contributed by atoms with Gasteiger partial charge in [-0.2, -0.15) is 10.2 Å². The highest BCUT2D eigenvalue weighted by Crippen LogP contribution is 2.31. The zero-order chi connectivity index (χ0) is 14.8. The van der Waals surface area contributed by atoms with Crippen LogP contribution in [0.3, 0.4) is 0 Å². The molecule has 0 spiro atoms. The van der Waals surface area contributed by atoms with E-state index in [0.29, 0.717) is 5.92 Å². The Hall–Kier alpha value is -1.52. The molecule has 2 aliphatic carbocycles. The van der Waals surface area contributed by atoms with E-state index in [1.807, 2.05) is 6.08 Å². The van der Waals surface area contributed by atoms with Crippen LogP contribution in [0.15, 0.2) is 46.2 Å². The normalized spacial score (nSPS) is 31.0. The second kappa shape index (κ2) is 6.31. The fourth-order valence-corrected chi connectivity index (χ4v) is 3.67. The van der Waals surface area contributed by atoms with Crippen molar-refractivity contribution in [3.8, 4) is 0 Å². The summed E-state index contributed by atoms with van der Waals surface area (Å²) in [7, 11) is 0. The third-order valence-corrected chi connectivity index (χ3v) is 5.07. The van der Waals surface area contributed by atoms with Gasteiger partial charge in [-0.25, -0.2) is 0 Å². The highest BCUT2D eigenvalue weighted by Gasteiger charge is 2.28. The first kappa shape index (κ1) is 14.1. The molecule has 0 aromatic heterocycles. The van der Waals surface area contributed by atoms with Crippen molar-refractivity contribution >= 4 is 11.4 Å². The van der Waals surface area contributed by atoms with Crippen LogP contribution in [0.2, 0.25) is 0 Å². The van der Waals surface area contributed by atoms with Crippen molar-refractivity contribution in [3.63, 3.8) is 0 Å². The number of hydrogen-bond acceptors (Lipinski definition) is 4. The molecule has 0 saturated carbocycles. The minimum absolute atomic E-state index is 0.451. The van der Waals surface area contributed by atoms with Crippen molar-refractivity contribution in [1.29, 1.82) is 0 Å². The Morgan fingerprint density at radius 1 is 1.14 bits per heavy atom. The van der Waals surface area contributed by atoms with E-state index in [0.717, 1.165) is 37.9 Å². The molecule has 4 nitrogen and oxygen atoms in total. The van der Waals surface area contributed by atoms with E-state index < -0.39 is 0 Å². The highest BCUT2D eigenvalue weighted by atomic mass is 16.5. The average molecular weight is 297 g/mol. The summed E-state index contributed by atoms with van der Waals surface area (Å²) in [5.41, 5.74) is 3.45. The topological polar surface area (TPSA) is 37.2 Å². The summed E-state index contributed by atoms with van der Waals surface area (Å²) in [5.74, 6) is 1.17. The van der Waals surface area contributed by atoms with Crippen molar-refractivity contribution in [1.82, 2.24) is 4.90 Å². The molecule has 0 aromatic rings. The predicted octanol–water partition coefficient (Wildman–Crippen LogP) is 2.60. The SMILES string of the molecule is C1=CC2=NN=C(C3C=CC(CCN4CCOCC4)CC3)C2=C1. The molecular weight excluding hydrogens is 274 g/mol. The second-order valence-electron chi connectivity index (χ2n) is 6.48. The van der Waals surface area contributed by atoms with Crippen LogP contribution >= 0.6 is 0 Å². The summed E-state index contributed by atoms with van der Waals surface area (Å²) in [4.78, 5) is 2.53. The fraction of sp³-hybridized carbons (Fsp3) is 0.556. The van der Waals surface area contributed by atoms with Crippen LogP contribution in [0.4, 0.5) is 0 Å². The summed E-state index contributed by atoms with van der Waals surface area (Å²) in [6, 6.07) is 0. The number of hydrogen-bond donors (Lipinski definition) is 0. The minimum Gasteiger partial charge on any atom is -0.379 e. The van der Waals surface area contributed by atoms with Crippen molar-refractivity contribution in [2.45, 2.75) is 19.3 Å². The Bertz CT molecular complexity index is 579. The summed E-state index contributed by atoms with van der Waals surface area (Å²) >= 11 is 0. The minimum atomic E-state index is 0.451. The molecule has 4 rings (SSSR count). The summed E-state index contributed by atoms with van der Waals surface area (Å²) in [6.07, 6.45) is 14.8. The van der Waals surface area contributed by atoms with E-state index in [-0.39, 0.29) is 0 Å². The molecule has 1 fully saturated rings. The number of rotatable bonds is 4. The van der Waals surface area contributed by atoms with Crippen LogP contribution in [0.1, 0.15) is 19.3 Å². The first-order chi connectivity index (χ1) is 10.9. The molecule has 2 heterocycles. The molecule has 0 bridgehead atoms. The lowest BCUT2D eigenvalue weighted by Gasteiger charge is -2.29. The van der Waals surface area contributed by atoms with Gasteiger partial charge in [-0.15, -0.1) is 0 Å². The quantitative estimate of drug-likeness (QED) is 0.748. The molecule has 4 heteroatoms. The van der Waals surface area contributed by atoms with E-state index in [2.05, 4.69) is 39.4 Å². The molecule has 0 N–H and O–H groups in total. The average Bonchev–Trinajstić information content (AvgIpc) is 3.18. The zero-order valence-electron chi connectivity index (χ0n) is 12.9. The third kappa shape index (κ3) is 2.85. The zero-order valence-corrected chi connectivity index (χ0v) is 12.9. The van der Waals surface area contributed by atoms with Crippen LogP contribution in [0, 0.1) is 11.8 Å². The second-order valence-corrected chi connectivity index (χ2v) is 6.48. The molecule has 2 aliphatic heterocycles. The van der Waals surface area contributed by atoms with Crippen molar-refractivity contribution < 1.29 is 4.74 Å². The van der Waals surface area contributed by atoms with Gasteiger partial charge in [0.15, 0.2) is 0 Å². The maximum absolute atomic E-state index is 5.41. The Morgan fingerprint density at radius 2 is 2.05 bits per heavy atom. The molecular formula is C18H23N3O. The lowest BCUT2D eigenvalue weighted by atomic mass is 9.82. The molecule has 1 saturated heterocycles. The molecule has 0 amide bonds. The summed E-state index contributed by atoms with van der Waals surface area (Å²) in [6.45, 7) is 5.18. The van der Waals surface area contributed by atoms with Gasteiger partial charge in [0.05, 0.1) is 24.6 Å². The van der Waals surface area contributed by atoms with Gasteiger partial charge in [-0.05, 0) is 37.8 Å². The van der Waals surface area contributed by atoms with E-state index in [4.69, 9.17) is 4.74 Å². The van der Waals surface area contributed by atoms with E-state index in [9.17, 15) is 0 Å². The maximum Gasteiger partial charge on any atom is 0.0948 e. The van der Waals surface area contributed by atoms with Gasteiger partial charge in [0.2, 0.25) is 0 Å². The lowest BCUT2D eigenvalue weighted by molar-refractivity contribution is 0.0359. The van der Waals surface area contributed by atoms with Gasteiger partial charge in [-0.3, -0.25) is 4.90 Å². The molecule has 2 unspecified atom stereocenters. The Balaban J connectivity index is 1.29. The van der Waals surface area contributed by atoms with Gasteiger partial charge in [0.1, 0.15) is 0 Å². The monoisotopic (exact) mass is 297 g/mol. The van der Waals surface area contributed by atoms with Crippen LogP contribution in [-0.4, -0.2) is 49.2 Å². The Kier molecular flexibility index (Phi) is 4.04. The first-order valence-electron chi connectivity index (χ1n) is 8.43. The van der Waals surface area contributed by atoms with Gasteiger partial charge >= 0.3 is 0 Å². The van der Waals surface area contributed by atoms with Gasteiger partial charge < -0.3 is 4.74 Å². The molecule has 0 aromatic carbocycles. The van der Waals surface area contributed by atoms with Crippen LogP contribution in [0.5, 0.6) is 0 Å². The number of morpholine rings is 1. The van der Waals surface area contributed by atoms with Crippen molar-refractivity contribution in [2.75, 3.05) is 32.8 Å². The van der Waals surface area contributed by atoms with Gasteiger partial charge in [0.25, 0.3) is 0 Å². The van der Waals surface area contributed by atoms with Crippen LogP contribution in [-0.2, 0) is 4.74 Å². The molecule has 22 heavy (non-hydrogen) atoms. The standard InChI is InChI=1S/C18H23N3O/c1-2-16-17(3-1)19-20-18(16)15-6-4-14(5-7-15)8-9-21-10-12-22-13-11-21/h1-4,6,14-15H,5,7-13H2. The van der Waals surface area contributed by atoms with Crippen molar-refractivity contribution in [2.24, 2.45) is 22.0 Å². The maximum atomic E-state index is 5.41. The smallest absolute Gasteiger partial charge is 0.0948 e. The number of fused-ring (bicyclic) bond motifs is 1. The van der Waals surface area contributed by atoms with E-state index in [1.54, 1.807) is 0 Å². The van der Waals surface area contributed by atoms with Gasteiger partial charge in [-0.1, -0.05) is 24.3 Å². The van der Waals surface area contributed by atoms with Crippen LogP contribution < -0.4 is 0 Å².